The first-order valence-electron chi connectivity index (χ1n) is 37.3. The van der Waals surface area contributed by atoms with Gasteiger partial charge < -0.3 is 26.2 Å². The summed E-state index contributed by atoms with van der Waals surface area (Å²) in [5, 5.41) is 21.1. The molecule has 0 aliphatic carbocycles. The van der Waals surface area contributed by atoms with Crippen LogP contribution >= 0.6 is 0 Å². The third-order valence-corrected chi connectivity index (χ3v) is 20.7. The number of benzene rings is 10. The van der Waals surface area contributed by atoms with Gasteiger partial charge in [0, 0.05) is 43.6 Å². The van der Waals surface area contributed by atoms with E-state index in [1.165, 1.54) is 22.3 Å². The molecule has 0 unspecified atom stereocenters. The molecule has 0 heterocycles. The van der Waals surface area contributed by atoms with Crippen molar-refractivity contribution in [2.24, 2.45) is 10.8 Å². The number of aliphatic hydroxyl groups is 1. The summed E-state index contributed by atoms with van der Waals surface area (Å²) in [6.07, 6.45) is 3.92. The van der Waals surface area contributed by atoms with Crippen LogP contribution < -0.4 is 9.47 Å². The molecule has 7 heteroatoms. The Balaban J connectivity index is 0.00000444. The van der Waals surface area contributed by atoms with E-state index in [0.29, 0.717) is 59.8 Å². The summed E-state index contributed by atoms with van der Waals surface area (Å²) >= 11 is 0. The normalized spacial score (nSPS) is 12.9. The van der Waals surface area contributed by atoms with Crippen molar-refractivity contribution in [1.82, 2.24) is 0 Å². The summed E-state index contributed by atoms with van der Waals surface area (Å²) in [4.78, 5) is 0. The first-order valence-corrected chi connectivity index (χ1v) is 37.3. The fourth-order valence-corrected chi connectivity index (χ4v) is 16.0. The number of fused-ring (bicyclic) bond motifs is 4. The molecule has 10 aromatic rings. The quantitative estimate of drug-likeness (QED) is 0.0498. The van der Waals surface area contributed by atoms with Crippen molar-refractivity contribution >= 4 is 43.1 Å². The molecule has 0 saturated heterocycles. The molecule has 0 fully saturated rings. The number of aliphatic hydroxyl groups excluding tert-OH is 1. The zero-order valence-electron chi connectivity index (χ0n) is 67.5. The predicted octanol–water partition coefficient (Wildman–Crippen LogP) is 27.7. The van der Waals surface area contributed by atoms with Crippen LogP contribution in [0.25, 0.3) is 87.6 Å². The molecule has 1 radical (unpaired) electrons. The van der Waals surface area contributed by atoms with Gasteiger partial charge in [0.25, 0.3) is 0 Å². The fraction of sp³-hybridized carbons (Fsp3) is 0.438. The molecule has 0 aliphatic heterocycles. The minimum atomic E-state index is -0.369. The molecule has 0 aliphatic rings. The van der Waals surface area contributed by atoms with Crippen LogP contribution in [0.2, 0.25) is 0 Å². The van der Waals surface area contributed by atoms with Gasteiger partial charge in [-0.2, -0.15) is 6.92 Å². The molecule has 10 aromatic carbocycles. The number of hydrogen-bond acceptors (Lipinski definition) is 4. The van der Waals surface area contributed by atoms with Crippen molar-refractivity contribution in [2.75, 3.05) is 13.2 Å². The number of ether oxygens (including phenoxy) is 3. The Kier molecular flexibility index (Phi) is 24.8. The molecule has 0 spiro atoms. The Morgan fingerprint density at radius 3 is 0.951 bits per heavy atom. The molecule has 0 saturated carbocycles. The maximum atomic E-state index is 16.5. The van der Waals surface area contributed by atoms with Crippen LogP contribution in [0.4, 0.5) is 8.78 Å². The van der Waals surface area contributed by atoms with E-state index in [9.17, 15) is 5.11 Å². The van der Waals surface area contributed by atoms with Gasteiger partial charge in [-0.3, -0.25) is 0 Å². The van der Waals surface area contributed by atoms with Gasteiger partial charge in [-0.15, -0.1) is 0 Å². The molecule has 0 aromatic heterocycles. The zero-order chi connectivity index (χ0) is 75.4. The van der Waals surface area contributed by atoms with E-state index < -0.39 is 0 Å². The average Bonchev–Trinajstić information content (AvgIpc) is 0.733. The predicted molar refractivity (Wildman–Crippen MR) is 435 cm³/mol. The Hall–Kier alpha value is -6.51. The molecule has 1 N–H and O–H groups in total. The minimum Gasteiger partial charge on any atom is -0.552 e. The average molecular weight is 1420 g/mol. The van der Waals surface area contributed by atoms with Crippen LogP contribution in [0.3, 0.4) is 0 Å². The molecule has 547 valence electrons. The van der Waals surface area contributed by atoms with Gasteiger partial charge in [0.05, 0.1) is 19.8 Å². The number of hydrogen-bond donors (Lipinski definition) is 1. The fourth-order valence-electron chi connectivity index (χ4n) is 16.0. The van der Waals surface area contributed by atoms with E-state index in [1.54, 1.807) is 31.2 Å². The van der Waals surface area contributed by atoms with Crippen LogP contribution in [-0.4, -0.2) is 18.3 Å². The molecule has 103 heavy (non-hydrogen) atoms. The molecule has 4 nitrogen and oxygen atoms in total. The van der Waals surface area contributed by atoms with Crippen molar-refractivity contribution in [3.8, 4) is 56.0 Å². The van der Waals surface area contributed by atoms with Gasteiger partial charge in [0.2, 0.25) is 0 Å². The smallest absolute Gasteiger partial charge is 0.130 e. The van der Waals surface area contributed by atoms with Crippen molar-refractivity contribution in [1.29, 1.82) is 0 Å². The third kappa shape index (κ3) is 18.5. The summed E-state index contributed by atoms with van der Waals surface area (Å²) in [5.41, 5.74) is 16.1. The molecule has 0 amide bonds. The first-order chi connectivity index (χ1) is 47.4. The molecular formula is C96H120F2O4Sc-2. The molecule has 0 bridgehead atoms. The van der Waals surface area contributed by atoms with E-state index in [4.69, 9.17) is 14.2 Å². The van der Waals surface area contributed by atoms with E-state index >= 15 is 8.78 Å². The van der Waals surface area contributed by atoms with Crippen molar-refractivity contribution in [2.45, 2.75) is 251 Å². The van der Waals surface area contributed by atoms with E-state index in [0.717, 1.165) is 118 Å². The number of halogens is 2. The minimum absolute atomic E-state index is 0. The third-order valence-electron chi connectivity index (χ3n) is 20.7. The summed E-state index contributed by atoms with van der Waals surface area (Å²) in [6, 6.07) is 47.7. The maximum Gasteiger partial charge on any atom is 0.130 e. The first kappa shape index (κ1) is 82.1. The Bertz CT molecular complexity index is 4590. The summed E-state index contributed by atoms with van der Waals surface area (Å²) in [7, 11) is 4.02. The van der Waals surface area contributed by atoms with Gasteiger partial charge in [-0.25, -0.2) is 15.9 Å². The second-order valence-corrected chi connectivity index (χ2v) is 37.1. The van der Waals surface area contributed by atoms with Crippen molar-refractivity contribution in [3.63, 3.8) is 0 Å². The molecular weight excluding hydrogens is 1300 g/mol. The molecule has 10 rings (SSSR count). The number of aryl methyl sites for hydroxylation is 2. The van der Waals surface area contributed by atoms with Gasteiger partial charge in [-0.1, -0.05) is 225 Å². The Morgan fingerprint density at radius 2 is 0.660 bits per heavy atom. The van der Waals surface area contributed by atoms with Crippen LogP contribution in [0, 0.1) is 50.3 Å². The number of unbranched alkanes of at least 4 members (excludes halogenated alkanes) is 2. The van der Waals surface area contributed by atoms with E-state index in [2.05, 4.69) is 276 Å². The summed E-state index contributed by atoms with van der Waals surface area (Å²) < 4.78 is 52.9. The standard InChI is InChI=1S/C94H115F2O4.C2H5.Sc/c1-57-39-69(95)51-79(75-47-67(93(21,22)55-87(3,4)5)49-77(81(75)53-97)83-71-43-63(89(9,10)11)33-29-59(71)41-60-30-34-64(44-72(60)83)90(12,13)14)85(57)99-37-27-26-28-38-100-86-58(2)40-70(96)52-80(86)76-48-68(94(23,24)56-88(6,7)8)50-78(82(76)54-98-25)84-73-45-65(91(15,16)17)35-31-61(73)42-62-32-36-66(46-74(62)84)92(18,19)20;1-2;/h29-36,39-52,97H,25-28,37-38,53-56H2,1-24H3;1H2,2H3;/q2*-1;. The van der Waals surface area contributed by atoms with Crippen LogP contribution in [-0.2, 0) is 76.3 Å². The van der Waals surface area contributed by atoms with Gasteiger partial charge >= 0.3 is 0 Å². The Labute approximate surface area is 638 Å². The maximum absolute atomic E-state index is 16.5. The Morgan fingerprint density at radius 1 is 0.359 bits per heavy atom. The van der Waals surface area contributed by atoms with Crippen LogP contribution in [0.15, 0.2) is 133 Å². The zero-order valence-corrected chi connectivity index (χ0v) is 69.3. The largest absolute Gasteiger partial charge is 0.552 e. The summed E-state index contributed by atoms with van der Waals surface area (Å²) in [5.74, 6) is 0.515. The van der Waals surface area contributed by atoms with Gasteiger partial charge in [-0.05, 0) is 282 Å². The monoisotopic (exact) mass is 1420 g/mol. The van der Waals surface area contributed by atoms with Crippen LogP contribution in [0.5, 0.6) is 11.5 Å². The van der Waals surface area contributed by atoms with Gasteiger partial charge in [0.15, 0.2) is 0 Å². The SMILES string of the molecule is [CH2-]C.[CH2-]OCc1c(-c2cc(F)cc(C)c2OCCCCCOc2c(C)cc(F)cc2-c2cc(C(C)(C)CC(C)(C)C)cc(-c3c4cc(C(C)(C)C)ccc4cc4ccc(C(C)(C)C)cc34)c2CO)cc(C(C)(C)CC(C)(C)C)cc1-c1c2cc(C(C)(C)C)ccc2cc2ccc(C(C)(C)C)cc12.[Sc]. The van der Waals surface area contributed by atoms with Crippen molar-refractivity contribution in [3.05, 3.63) is 215 Å². The second kappa shape index (κ2) is 31.1. The summed E-state index contributed by atoms with van der Waals surface area (Å²) in [6.45, 7) is 59.7. The second-order valence-electron chi connectivity index (χ2n) is 37.1. The van der Waals surface area contributed by atoms with E-state index in [-0.39, 0.29) is 94.0 Å². The molecule has 0 atom stereocenters. The van der Waals surface area contributed by atoms with Gasteiger partial charge in [0.1, 0.15) is 23.1 Å². The van der Waals surface area contributed by atoms with E-state index in [1.807, 2.05) is 13.8 Å². The number of rotatable bonds is 19. The topological polar surface area (TPSA) is 47.9 Å². The van der Waals surface area contributed by atoms with Crippen molar-refractivity contribution < 1.29 is 53.9 Å². The van der Waals surface area contributed by atoms with Crippen LogP contribution in [0.1, 0.15) is 247 Å².